The number of thiophene rings is 1. The topological polar surface area (TPSA) is 90.9 Å². The first-order chi connectivity index (χ1) is 13.7. The third kappa shape index (κ3) is 5.35. The number of benzene rings is 1. The lowest BCUT2D eigenvalue weighted by molar-refractivity contribution is -0.153. The van der Waals surface area contributed by atoms with Gasteiger partial charge in [0.15, 0.2) is 18.1 Å². The Bertz CT molecular complexity index is 914. The molecule has 29 heavy (non-hydrogen) atoms. The Morgan fingerprint density at radius 2 is 1.86 bits per heavy atom. The van der Waals surface area contributed by atoms with Gasteiger partial charge in [-0.3, -0.25) is 9.59 Å². The fourth-order valence-electron chi connectivity index (χ4n) is 2.49. The summed E-state index contributed by atoms with van der Waals surface area (Å²) in [6, 6.07) is 10.5. The molecular formula is C21H23NO6S. The van der Waals surface area contributed by atoms with Gasteiger partial charge in [0, 0.05) is 10.3 Å². The summed E-state index contributed by atoms with van der Waals surface area (Å²) in [5, 5.41) is 2.84. The molecule has 2 heterocycles. The van der Waals surface area contributed by atoms with E-state index in [-0.39, 0.29) is 24.9 Å². The maximum atomic E-state index is 12.3. The first-order valence-corrected chi connectivity index (χ1v) is 10.0. The van der Waals surface area contributed by atoms with E-state index in [0.717, 1.165) is 4.88 Å². The van der Waals surface area contributed by atoms with Crippen LogP contribution in [-0.2, 0) is 20.9 Å². The number of hydrogen-bond acceptors (Lipinski definition) is 7. The second-order valence-electron chi connectivity index (χ2n) is 7.59. The molecular weight excluding hydrogens is 394 g/mol. The van der Waals surface area contributed by atoms with Crippen molar-refractivity contribution in [1.29, 1.82) is 0 Å². The van der Waals surface area contributed by atoms with Gasteiger partial charge in [-0.05, 0) is 24.3 Å². The molecule has 3 rings (SSSR count). The average molecular weight is 417 g/mol. The van der Waals surface area contributed by atoms with Crippen molar-refractivity contribution in [3.8, 4) is 11.5 Å². The van der Waals surface area contributed by atoms with Crippen molar-refractivity contribution in [3.63, 3.8) is 0 Å². The van der Waals surface area contributed by atoms with Crippen LogP contribution in [0.3, 0.4) is 0 Å². The van der Waals surface area contributed by atoms with Crippen LogP contribution >= 0.6 is 11.3 Å². The summed E-state index contributed by atoms with van der Waals surface area (Å²) in [4.78, 5) is 37.7. The molecule has 0 unspecified atom stereocenters. The number of hydrogen-bond donors (Lipinski definition) is 1. The molecule has 2 aromatic rings. The van der Waals surface area contributed by atoms with Crippen LogP contribution in [0.4, 0.5) is 0 Å². The van der Waals surface area contributed by atoms with Gasteiger partial charge in [-0.1, -0.05) is 32.9 Å². The Morgan fingerprint density at radius 3 is 2.59 bits per heavy atom. The minimum atomic E-state index is -0.913. The summed E-state index contributed by atoms with van der Waals surface area (Å²) in [5.74, 6) is 0.00412. The van der Waals surface area contributed by atoms with Crippen LogP contribution in [0.5, 0.6) is 11.5 Å². The normalized spacial score (nSPS) is 15.5. The molecule has 1 aliphatic heterocycles. The summed E-state index contributed by atoms with van der Waals surface area (Å²) >= 11 is 1.26. The third-order valence-corrected chi connectivity index (χ3v) is 5.28. The third-order valence-electron chi connectivity index (χ3n) is 4.16. The molecule has 0 saturated heterocycles. The van der Waals surface area contributed by atoms with Crippen LogP contribution in [0.1, 0.15) is 35.3 Å². The Hall–Kier alpha value is -2.87. The molecule has 7 nitrogen and oxygen atoms in total. The van der Waals surface area contributed by atoms with E-state index in [9.17, 15) is 14.4 Å². The zero-order valence-corrected chi connectivity index (χ0v) is 17.3. The summed E-state index contributed by atoms with van der Waals surface area (Å²) in [5.41, 5.74) is -0.477. The van der Waals surface area contributed by atoms with Crippen LogP contribution in [0, 0.1) is 5.41 Å². The Kier molecular flexibility index (Phi) is 6.22. The van der Waals surface area contributed by atoms with Crippen molar-refractivity contribution in [3.05, 3.63) is 46.2 Å². The highest BCUT2D eigenvalue weighted by Crippen LogP contribution is 2.31. The predicted molar refractivity (Wildman–Crippen MR) is 107 cm³/mol. The molecule has 1 amide bonds. The second-order valence-corrected chi connectivity index (χ2v) is 8.76. The van der Waals surface area contributed by atoms with Crippen LogP contribution in [0.2, 0.25) is 0 Å². The predicted octanol–water partition coefficient (Wildman–Crippen LogP) is 2.98. The zero-order chi connectivity index (χ0) is 21.0. The Balaban J connectivity index is 1.48. The Labute approximate surface area is 173 Å². The zero-order valence-electron chi connectivity index (χ0n) is 16.5. The number of ether oxygens (including phenoxy) is 3. The van der Waals surface area contributed by atoms with Crippen molar-refractivity contribution in [2.24, 2.45) is 5.41 Å². The number of nitrogens with one attached hydrogen (secondary N) is 1. The van der Waals surface area contributed by atoms with Crippen molar-refractivity contribution in [2.75, 3.05) is 13.2 Å². The number of Topliss-reactive ketones (excluding diaryl/α,β-unsaturated/α-hetero) is 1. The lowest BCUT2D eigenvalue weighted by atomic mass is 9.96. The van der Waals surface area contributed by atoms with Crippen LogP contribution < -0.4 is 14.8 Å². The maximum absolute atomic E-state index is 12.3. The lowest BCUT2D eigenvalue weighted by Gasteiger charge is -2.24. The lowest BCUT2D eigenvalue weighted by Crippen LogP contribution is -2.38. The number of esters is 1. The van der Waals surface area contributed by atoms with Crippen LogP contribution in [0.25, 0.3) is 0 Å². The standard InChI is InChI=1S/C21H23NO6S/c1-21(2,3)20(25)22-10-13-8-9-18(29-13)14(23)11-27-19(24)17-12-26-15-6-4-5-7-16(15)28-17/h4-9,17H,10-12H2,1-3H3,(H,22,25)/t17-/m1/s1. The average Bonchev–Trinajstić information content (AvgIpc) is 3.18. The van der Waals surface area contributed by atoms with Gasteiger partial charge in [0.1, 0.15) is 6.61 Å². The van der Waals surface area contributed by atoms with E-state index in [4.69, 9.17) is 14.2 Å². The quantitative estimate of drug-likeness (QED) is 0.574. The summed E-state index contributed by atoms with van der Waals surface area (Å²) in [7, 11) is 0. The first kappa shape index (κ1) is 20.9. The summed E-state index contributed by atoms with van der Waals surface area (Å²) in [6.07, 6.45) is -0.913. The van der Waals surface area contributed by atoms with Gasteiger partial charge in [-0.2, -0.15) is 0 Å². The number of rotatable bonds is 6. The smallest absolute Gasteiger partial charge is 0.351 e. The van der Waals surface area contributed by atoms with Crippen molar-refractivity contribution >= 4 is 29.0 Å². The number of ketones is 1. The van der Waals surface area contributed by atoms with Gasteiger partial charge in [0.2, 0.25) is 17.8 Å². The van der Waals surface area contributed by atoms with E-state index in [2.05, 4.69) is 5.32 Å². The number of fused-ring (bicyclic) bond motifs is 1. The monoisotopic (exact) mass is 417 g/mol. The molecule has 8 heteroatoms. The number of carbonyl (C=O) groups is 3. The maximum Gasteiger partial charge on any atom is 0.351 e. The van der Waals surface area contributed by atoms with Crippen LogP contribution in [0.15, 0.2) is 36.4 Å². The molecule has 1 N–H and O–H groups in total. The van der Waals surface area contributed by atoms with Gasteiger partial charge in [0.25, 0.3) is 0 Å². The summed E-state index contributed by atoms with van der Waals surface area (Å²) < 4.78 is 16.2. The molecule has 0 radical (unpaired) electrons. The van der Waals surface area contributed by atoms with Crippen molar-refractivity contribution in [1.82, 2.24) is 5.32 Å². The van der Waals surface area contributed by atoms with E-state index in [1.807, 2.05) is 26.8 Å². The first-order valence-electron chi connectivity index (χ1n) is 9.19. The van der Waals surface area contributed by atoms with Crippen LogP contribution in [-0.4, -0.2) is 37.0 Å². The van der Waals surface area contributed by atoms with E-state index >= 15 is 0 Å². The minimum Gasteiger partial charge on any atom is -0.485 e. The molecule has 1 aromatic heterocycles. The molecule has 0 aliphatic carbocycles. The van der Waals surface area contributed by atoms with Crippen molar-refractivity contribution < 1.29 is 28.6 Å². The fourth-order valence-corrected chi connectivity index (χ4v) is 3.36. The number of carbonyl (C=O) groups excluding carboxylic acids is 3. The number of amides is 1. The van der Waals surface area contributed by atoms with E-state index in [0.29, 0.717) is 22.9 Å². The largest absolute Gasteiger partial charge is 0.485 e. The summed E-state index contributed by atoms with van der Waals surface area (Å²) in [6.45, 7) is 5.50. The molecule has 154 valence electrons. The van der Waals surface area contributed by atoms with Gasteiger partial charge in [-0.15, -0.1) is 11.3 Å². The highest BCUT2D eigenvalue weighted by molar-refractivity contribution is 7.14. The molecule has 1 atom stereocenters. The Morgan fingerprint density at radius 1 is 1.14 bits per heavy atom. The number of para-hydroxylation sites is 2. The molecule has 0 fully saturated rings. The van der Waals surface area contributed by atoms with E-state index < -0.39 is 17.5 Å². The molecule has 0 spiro atoms. The molecule has 0 bridgehead atoms. The second kappa shape index (κ2) is 8.65. The van der Waals surface area contributed by atoms with Gasteiger partial charge < -0.3 is 19.5 Å². The highest BCUT2D eigenvalue weighted by Gasteiger charge is 2.29. The van der Waals surface area contributed by atoms with Crippen molar-refractivity contribution in [2.45, 2.75) is 33.4 Å². The van der Waals surface area contributed by atoms with E-state index in [1.165, 1.54) is 11.3 Å². The van der Waals surface area contributed by atoms with E-state index in [1.54, 1.807) is 30.3 Å². The fraction of sp³-hybridized carbons (Fsp3) is 0.381. The highest BCUT2D eigenvalue weighted by atomic mass is 32.1. The van der Waals surface area contributed by atoms with Gasteiger partial charge in [0.05, 0.1) is 11.4 Å². The van der Waals surface area contributed by atoms with Gasteiger partial charge >= 0.3 is 5.97 Å². The SMILES string of the molecule is CC(C)(C)C(=O)NCc1ccc(C(=O)COC(=O)[C@H]2COc3ccccc3O2)s1. The molecule has 1 aliphatic rings. The minimum absolute atomic E-state index is 0.0284. The molecule has 1 aromatic carbocycles. The molecule has 0 saturated carbocycles. The van der Waals surface area contributed by atoms with Gasteiger partial charge in [-0.25, -0.2) is 4.79 Å².